The lowest BCUT2D eigenvalue weighted by Gasteiger charge is -2.18. The lowest BCUT2D eigenvalue weighted by molar-refractivity contribution is -0.143. The maximum absolute atomic E-state index is 11.9. The predicted molar refractivity (Wildman–Crippen MR) is 107 cm³/mol. The highest BCUT2D eigenvalue weighted by Crippen LogP contribution is 2.30. The fourth-order valence-corrected chi connectivity index (χ4v) is 2.79. The molecule has 0 atom stereocenters. The molecule has 1 N–H and O–H groups in total. The Morgan fingerprint density at radius 2 is 1.90 bits per heavy atom. The van der Waals surface area contributed by atoms with E-state index in [9.17, 15) is 9.59 Å². The number of methoxy groups -OCH3 is 1. The zero-order chi connectivity index (χ0) is 20.5. The summed E-state index contributed by atoms with van der Waals surface area (Å²) >= 11 is 0. The normalized spacial score (nSPS) is 12.4. The van der Waals surface area contributed by atoms with E-state index in [2.05, 4.69) is 5.32 Å². The number of para-hydroxylation sites is 1. The fraction of sp³-hybridized carbons (Fsp3) is 0.273. The molecule has 0 aromatic heterocycles. The van der Waals surface area contributed by atoms with Gasteiger partial charge in [0, 0.05) is 18.2 Å². The Labute approximate surface area is 169 Å². The summed E-state index contributed by atoms with van der Waals surface area (Å²) in [5, 5.41) is 2.73. The first-order valence-corrected chi connectivity index (χ1v) is 9.29. The third-order valence-electron chi connectivity index (χ3n) is 4.23. The molecule has 7 nitrogen and oxygen atoms in total. The summed E-state index contributed by atoms with van der Waals surface area (Å²) in [6.45, 7) is 1.17. The summed E-state index contributed by atoms with van der Waals surface area (Å²) in [7, 11) is 1.56. The number of carbonyl (C=O) groups excluding carboxylic acids is 2. The molecule has 0 unspecified atom stereocenters. The van der Waals surface area contributed by atoms with Crippen molar-refractivity contribution in [2.75, 3.05) is 33.5 Å². The van der Waals surface area contributed by atoms with E-state index in [1.54, 1.807) is 19.3 Å². The van der Waals surface area contributed by atoms with Gasteiger partial charge in [0.2, 0.25) is 0 Å². The zero-order valence-corrected chi connectivity index (χ0v) is 16.2. The van der Waals surface area contributed by atoms with Crippen LogP contribution in [0.15, 0.2) is 48.5 Å². The van der Waals surface area contributed by atoms with Gasteiger partial charge in [0.25, 0.3) is 5.91 Å². The molecular weight excluding hydrogens is 374 g/mol. The summed E-state index contributed by atoms with van der Waals surface area (Å²) in [5.41, 5.74) is 1.77. The van der Waals surface area contributed by atoms with Gasteiger partial charge in [-0.25, -0.2) is 4.79 Å². The lowest BCUT2D eigenvalue weighted by Crippen LogP contribution is -2.30. The minimum Gasteiger partial charge on any atom is -0.496 e. The van der Waals surface area contributed by atoms with Crippen LogP contribution in [0.2, 0.25) is 0 Å². The summed E-state index contributed by atoms with van der Waals surface area (Å²) in [5.74, 6) is 1.14. The molecule has 1 heterocycles. The molecule has 0 radical (unpaired) electrons. The van der Waals surface area contributed by atoms with Crippen molar-refractivity contribution >= 4 is 18.0 Å². The van der Waals surface area contributed by atoms with Crippen LogP contribution in [0.4, 0.5) is 0 Å². The Morgan fingerprint density at radius 3 is 2.72 bits per heavy atom. The van der Waals surface area contributed by atoms with Crippen LogP contribution >= 0.6 is 0 Å². The molecule has 0 aliphatic carbocycles. The van der Waals surface area contributed by atoms with E-state index < -0.39 is 5.97 Å². The van der Waals surface area contributed by atoms with Crippen LogP contribution in [0.1, 0.15) is 11.1 Å². The van der Waals surface area contributed by atoms with Gasteiger partial charge in [-0.1, -0.05) is 24.3 Å². The molecule has 1 amide bonds. The van der Waals surface area contributed by atoms with Crippen molar-refractivity contribution in [1.82, 2.24) is 5.32 Å². The fourth-order valence-electron chi connectivity index (χ4n) is 2.79. The lowest BCUT2D eigenvalue weighted by atomic mass is 10.1. The zero-order valence-electron chi connectivity index (χ0n) is 16.2. The molecule has 0 fully saturated rings. The molecule has 0 saturated carbocycles. The van der Waals surface area contributed by atoms with Crippen LogP contribution in [-0.2, 0) is 20.7 Å². The molecular formula is C22H23NO6. The minimum atomic E-state index is -0.599. The summed E-state index contributed by atoms with van der Waals surface area (Å²) < 4.78 is 21.2. The second-order valence-electron chi connectivity index (χ2n) is 6.26. The molecule has 0 spiro atoms. The van der Waals surface area contributed by atoms with E-state index >= 15 is 0 Å². The largest absolute Gasteiger partial charge is 0.496 e. The Kier molecular flexibility index (Phi) is 7.10. The number of fused-ring (bicyclic) bond motifs is 1. The Bertz CT molecular complexity index is 893. The van der Waals surface area contributed by atoms with Crippen molar-refractivity contribution in [1.29, 1.82) is 0 Å². The average molecular weight is 397 g/mol. The number of carbonyl (C=O) groups is 2. The molecule has 3 rings (SSSR count). The number of hydrogen-bond donors (Lipinski definition) is 1. The van der Waals surface area contributed by atoms with Crippen LogP contribution < -0.4 is 19.5 Å². The number of ether oxygens (including phenoxy) is 4. The first kappa shape index (κ1) is 20.3. The number of nitrogens with one attached hydrogen (secondary N) is 1. The first-order chi connectivity index (χ1) is 14.2. The maximum atomic E-state index is 11.9. The van der Waals surface area contributed by atoms with Gasteiger partial charge in [0.05, 0.1) is 7.11 Å². The smallest absolute Gasteiger partial charge is 0.331 e. The second-order valence-corrected chi connectivity index (χ2v) is 6.26. The maximum Gasteiger partial charge on any atom is 0.331 e. The topological polar surface area (TPSA) is 83.1 Å². The molecule has 7 heteroatoms. The molecule has 2 aromatic carbocycles. The number of amides is 1. The minimum absolute atomic E-state index is 0.337. The van der Waals surface area contributed by atoms with Gasteiger partial charge in [0.1, 0.15) is 19.0 Å². The SMILES string of the molecule is COc1ccccc1/C=C/C(=O)OCC(=O)NCCc1ccc2c(c1)OCCO2. The van der Waals surface area contributed by atoms with Gasteiger partial charge in [-0.05, 0) is 36.3 Å². The van der Waals surface area contributed by atoms with Crippen molar-refractivity contribution < 1.29 is 28.5 Å². The van der Waals surface area contributed by atoms with E-state index in [4.69, 9.17) is 18.9 Å². The average Bonchev–Trinajstić information content (AvgIpc) is 2.76. The number of esters is 1. The van der Waals surface area contributed by atoms with E-state index in [-0.39, 0.29) is 12.5 Å². The van der Waals surface area contributed by atoms with Crippen molar-refractivity contribution in [2.45, 2.75) is 6.42 Å². The van der Waals surface area contributed by atoms with Crippen molar-refractivity contribution in [3.63, 3.8) is 0 Å². The standard InChI is InChI=1S/C22H23NO6/c1-26-18-5-3-2-4-17(18)7-9-22(25)29-15-21(24)23-11-10-16-6-8-19-20(14-16)28-13-12-27-19/h2-9,14H,10-13,15H2,1H3,(H,23,24)/b9-7+. The van der Waals surface area contributed by atoms with Gasteiger partial charge < -0.3 is 24.3 Å². The molecule has 152 valence electrons. The van der Waals surface area contributed by atoms with Crippen molar-refractivity contribution in [3.8, 4) is 17.2 Å². The van der Waals surface area contributed by atoms with Crippen molar-refractivity contribution in [3.05, 3.63) is 59.7 Å². The summed E-state index contributed by atoms with van der Waals surface area (Å²) in [6, 6.07) is 13.0. The molecule has 1 aliphatic heterocycles. The highest BCUT2D eigenvalue weighted by Gasteiger charge is 2.12. The Hall–Kier alpha value is -3.48. The number of benzene rings is 2. The highest BCUT2D eigenvalue weighted by atomic mass is 16.6. The van der Waals surface area contributed by atoms with Gasteiger partial charge in [-0.3, -0.25) is 4.79 Å². The third-order valence-corrected chi connectivity index (χ3v) is 4.23. The molecule has 0 saturated heterocycles. The second kappa shape index (κ2) is 10.2. The van der Waals surface area contributed by atoms with Crippen LogP contribution in [0.5, 0.6) is 17.2 Å². The van der Waals surface area contributed by atoms with E-state index in [0.29, 0.717) is 31.9 Å². The molecule has 0 bridgehead atoms. The molecule has 29 heavy (non-hydrogen) atoms. The summed E-state index contributed by atoms with van der Waals surface area (Å²) in [4.78, 5) is 23.7. The van der Waals surface area contributed by atoms with Gasteiger partial charge in [-0.15, -0.1) is 0 Å². The Morgan fingerprint density at radius 1 is 1.10 bits per heavy atom. The van der Waals surface area contributed by atoms with E-state index in [1.807, 2.05) is 36.4 Å². The Balaban J connectivity index is 1.38. The number of hydrogen-bond acceptors (Lipinski definition) is 6. The summed E-state index contributed by atoms with van der Waals surface area (Å²) in [6.07, 6.45) is 3.48. The monoisotopic (exact) mass is 397 g/mol. The first-order valence-electron chi connectivity index (χ1n) is 9.29. The quantitative estimate of drug-likeness (QED) is 0.544. The van der Waals surface area contributed by atoms with Crippen LogP contribution in [0.3, 0.4) is 0 Å². The van der Waals surface area contributed by atoms with Gasteiger partial charge in [0.15, 0.2) is 18.1 Å². The van der Waals surface area contributed by atoms with Crippen LogP contribution in [-0.4, -0.2) is 45.4 Å². The third kappa shape index (κ3) is 6.00. The highest BCUT2D eigenvalue weighted by molar-refractivity contribution is 5.89. The molecule has 2 aromatic rings. The van der Waals surface area contributed by atoms with E-state index in [0.717, 1.165) is 22.6 Å². The van der Waals surface area contributed by atoms with Crippen LogP contribution in [0, 0.1) is 0 Å². The molecule has 1 aliphatic rings. The van der Waals surface area contributed by atoms with E-state index in [1.165, 1.54) is 6.08 Å². The predicted octanol–water partition coefficient (Wildman–Crippen LogP) is 2.38. The number of rotatable bonds is 8. The van der Waals surface area contributed by atoms with Gasteiger partial charge >= 0.3 is 5.97 Å². The van der Waals surface area contributed by atoms with Gasteiger partial charge in [-0.2, -0.15) is 0 Å². The van der Waals surface area contributed by atoms with Crippen molar-refractivity contribution in [2.24, 2.45) is 0 Å². The van der Waals surface area contributed by atoms with Crippen LogP contribution in [0.25, 0.3) is 6.08 Å².